The lowest BCUT2D eigenvalue weighted by Gasteiger charge is -2.15. The average Bonchev–Trinajstić information content (AvgIpc) is 2.90. The van der Waals surface area contributed by atoms with E-state index in [0.717, 1.165) is 17.1 Å². The lowest BCUT2D eigenvalue weighted by Crippen LogP contribution is -2.29. The molecule has 0 aliphatic carbocycles. The first kappa shape index (κ1) is 14.0. The highest BCUT2D eigenvalue weighted by Crippen LogP contribution is 2.19. The molecule has 0 fully saturated rings. The largest absolute Gasteiger partial charge is 0.467 e. The molecule has 6 nitrogen and oxygen atoms in total. The van der Waals surface area contributed by atoms with Gasteiger partial charge in [-0.3, -0.25) is 0 Å². The van der Waals surface area contributed by atoms with Crippen molar-refractivity contribution in [2.45, 2.75) is 19.4 Å². The minimum Gasteiger partial charge on any atom is -0.467 e. The molecule has 0 aliphatic rings. The van der Waals surface area contributed by atoms with Crippen molar-refractivity contribution in [1.29, 1.82) is 0 Å². The van der Waals surface area contributed by atoms with E-state index in [-0.39, 0.29) is 12.0 Å². The van der Waals surface area contributed by atoms with Crippen LogP contribution in [0.4, 0.5) is 5.69 Å². The molecule has 0 amide bonds. The number of anilines is 1. The quantitative estimate of drug-likeness (QED) is 0.843. The van der Waals surface area contributed by atoms with Crippen molar-refractivity contribution in [2.24, 2.45) is 7.05 Å². The summed E-state index contributed by atoms with van der Waals surface area (Å²) in [4.78, 5) is 11.5. The molecule has 1 aromatic heterocycles. The third-order valence-corrected chi connectivity index (χ3v) is 3.09. The maximum Gasteiger partial charge on any atom is 0.328 e. The SMILES string of the molecule is CCC(Nc1ccc(-c2nncn2C)cc1)C(=O)OC. The highest BCUT2D eigenvalue weighted by atomic mass is 16.5. The number of esters is 1. The molecule has 106 valence electrons. The van der Waals surface area contributed by atoms with E-state index in [1.54, 1.807) is 6.33 Å². The van der Waals surface area contributed by atoms with Gasteiger partial charge in [-0.1, -0.05) is 6.92 Å². The zero-order chi connectivity index (χ0) is 14.5. The summed E-state index contributed by atoms with van der Waals surface area (Å²) in [5.41, 5.74) is 1.84. The van der Waals surface area contributed by atoms with Crippen LogP contribution in [0.2, 0.25) is 0 Å². The number of nitrogens with one attached hydrogen (secondary N) is 1. The predicted octanol–water partition coefficient (Wildman–Crippen LogP) is 1.85. The number of carbonyl (C=O) groups is 1. The number of carbonyl (C=O) groups excluding carboxylic acids is 1. The molecule has 2 aromatic rings. The predicted molar refractivity (Wildman–Crippen MR) is 76.2 cm³/mol. The lowest BCUT2D eigenvalue weighted by atomic mass is 10.1. The summed E-state index contributed by atoms with van der Waals surface area (Å²) in [7, 11) is 3.29. The maximum atomic E-state index is 11.5. The van der Waals surface area contributed by atoms with Gasteiger partial charge in [0.15, 0.2) is 5.82 Å². The van der Waals surface area contributed by atoms with E-state index < -0.39 is 0 Å². The minimum absolute atomic E-state index is 0.259. The van der Waals surface area contributed by atoms with E-state index in [2.05, 4.69) is 15.5 Å². The standard InChI is InChI=1S/C14H18N4O2/c1-4-12(14(19)20-3)16-11-7-5-10(6-8-11)13-17-15-9-18(13)2/h5-9,12,16H,4H2,1-3H3. The Morgan fingerprint density at radius 2 is 2.10 bits per heavy atom. The third-order valence-electron chi connectivity index (χ3n) is 3.09. The summed E-state index contributed by atoms with van der Waals surface area (Å²) in [6, 6.07) is 7.37. The normalized spacial score (nSPS) is 11.9. The summed E-state index contributed by atoms with van der Waals surface area (Å²) in [5.74, 6) is 0.543. The second kappa shape index (κ2) is 6.18. The lowest BCUT2D eigenvalue weighted by molar-refractivity contribution is -0.141. The summed E-state index contributed by atoms with van der Waals surface area (Å²) < 4.78 is 6.60. The molecule has 0 saturated heterocycles. The van der Waals surface area contributed by atoms with Crippen LogP contribution in [0.15, 0.2) is 30.6 Å². The zero-order valence-electron chi connectivity index (χ0n) is 11.8. The summed E-state index contributed by atoms with van der Waals surface area (Å²) in [5, 5.41) is 11.1. The molecule has 20 heavy (non-hydrogen) atoms. The fraction of sp³-hybridized carbons (Fsp3) is 0.357. The number of rotatable bonds is 5. The highest BCUT2D eigenvalue weighted by molar-refractivity contribution is 5.79. The minimum atomic E-state index is -0.333. The van der Waals surface area contributed by atoms with Crippen LogP contribution in [-0.2, 0) is 16.6 Å². The summed E-state index contributed by atoms with van der Waals surface area (Å²) in [6.45, 7) is 1.93. The Hall–Kier alpha value is -2.37. The van der Waals surface area contributed by atoms with Crippen molar-refractivity contribution in [3.05, 3.63) is 30.6 Å². The van der Waals surface area contributed by atoms with Crippen LogP contribution in [0, 0.1) is 0 Å². The molecule has 0 saturated carbocycles. The topological polar surface area (TPSA) is 69.0 Å². The Morgan fingerprint density at radius 3 is 2.60 bits per heavy atom. The second-order valence-electron chi connectivity index (χ2n) is 4.47. The van der Waals surface area contributed by atoms with Gasteiger partial charge in [0.25, 0.3) is 0 Å². The summed E-state index contributed by atoms with van der Waals surface area (Å²) >= 11 is 0. The number of methoxy groups -OCH3 is 1. The molecule has 2 rings (SSSR count). The van der Waals surface area contributed by atoms with Crippen LogP contribution < -0.4 is 5.32 Å². The van der Waals surface area contributed by atoms with Crippen molar-refractivity contribution in [3.8, 4) is 11.4 Å². The second-order valence-corrected chi connectivity index (χ2v) is 4.47. The van der Waals surface area contributed by atoms with Crippen LogP contribution in [-0.4, -0.2) is 33.9 Å². The number of benzene rings is 1. The van der Waals surface area contributed by atoms with Gasteiger partial charge in [0.2, 0.25) is 0 Å². The Labute approximate surface area is 117 Å². The van der Waals surface area contributed by atoms with E-state index in [0.29, 0.717) is 6.42 Å². The van der Waals surface area contributed by atoms with Crippen molar-refractivity contribution < 1.29 is 9.53 Å². The number of hydrogen-bond acceptors (Lipinski definition) is 5. The van der Waals surface area contributed by atoms with E-state index in [1.807, 2.05) is 42.8 Å². The molecule has 1 heterocycles. The number of nitrogens with zero attached hydrogens (tertiary/aromatic N) is 3. The Kier molecular flexibility index (Phi) is 4.34. The molecular weight excluding hydrogens is 256 g/mol. The molecule has 0 radical (unpaired) electrons. The molecule has 0 aliphatic heterocycles. The van der Waals surface area contributed by atoms with Gasteiger partial charge >= 0.3 is 5.97 Å². The first-order valence-electron chi connectivity index (χ1n) is 6.44. The van der Waals surface area contributed by atoms with Gasteiger partial charge in [-0.05, 0) is 30.7 Å². The molecular formula is C14H18N4O2. The molecule has 1 aromatic carbocycles. The van der Waals surface area contributed by atoms with Gasteiger partial charge in [-0.15, -0.1) is 10.2 Å². The maximum absolute atomic E-state index is 11.5. The molecule has 1 N–H and O–H groups in total. The van der Waals surface area contributed by atoms with Gasteiger partial charge in [0, 0.05) is 18.3 Å². The number of aryl methyl sites for hydroxylation is 1. The van der Waals surface area contributed by atoms with Gasteiger partial charge in [-0.25, -0.2) is 4.79 Å². The van der Waals surface area contributed by atoms with Crippen molar-refractivity contribution in [1.82, 2.24) is 14.8 Å². The molecule has 6 heteroatoms. The van der Waals surface area contributed by atoms with Gasteiger partial charge < -0.3 is 14.6 Å². The van der Waals surface area contributed by atoms with Gasteiger partial charge in [0.05, 0.1) is 7.11 Å². The fourth-order valence-corrected chi connectivity index (χ4v) is 1.93. The smallest absolute Gasteiger partial charge is 0.328 e. The Balaban J connectivity index is 2.12. The average molecular weight is 274 g/mol. The highest BCUT2D eigenvalue weighted by Gasteiger charge is 2.16. The van der Waals surface area contributed by atoms with Gasteiger partial charge in [-0.2, -0.15) is 0 Å². The van der Waals surface area contributed by atoms with E-state index >= 15 is 0 Å². The van der Waals surface area contributed by atoms with Gasteiger partial charge in [0.1, 0.15) is 12.4 Å². The van der Waals surface area contributed by atoms with Crippen LogP contribution >= 0.6 is 0 Å². The summed E-state index contributed by atoms with van der Waals surface area (Å²) in [6.07, 6.45) is 2.32. The number of ether oxygens (including phenoxy) is 1. The van der Waals surface area contributed by atoms with E-state index in [9.17, 15) is 4.79 Å². The van der Waals surface area contributed by atoms with E-state index in [4.69, 9.17) is 4.74 Å². The third kappa shape index (κ3) is 2.96. The molecule has 1 unspecified atom stereocenters. The van der Waals surface area contributed by atoms with Crippen molar-refractivity contribution in [2.75, 3.05) is 12.4 Å². The zero-order valence-corrected chi connectivity index (χ0v) is 11.8. The molecule has 0 bridgehead atoms. The number of hydrogen-bond donors (Lipinski definition) is 1. The van der Waals surface area contributed by atoms with Crippen LogP contribution in [0.3, 0.4) is 0 Å². The van der Waals surface area contributed by atoms with Crippen LogP contribution in [0.5, 0.6) is 0 Å². The number of aromatic nitrogens is 3. The Bertz CT molecular complexity index is 577. The van der Waals surface area contributed by atoms with E-state index in [1.165, 1.54) is 7.11 Å². The fourth-order valence-electron chi connectivity index (χ4n) is 1.93. The van der Waals surface area contributed by atoms with Crippen molar-refractivity contribution >= 4 is 11.7 Å². The van der Waals surface area contributed by atoms with Crippen LogP contribution in [0.25, 0.3) is 11.4 Å². The molecule has 1 atom stereocenters. The van der Waals surface area contributed by atoms with Crippen molar-refractivity contribution in [3.63, 3.8) is 0 Å². The monoisotopic (exact) mass is 274 g/mol. The van der Waals surface area contributed by atoms with Crippen LogP contribution in [0.1, 0.15) is 13.3 Å². The first-order chi connectivity index (χ1) is 9.65. The first-order valence-corrected chi connectivity index (χ1v) is 6.44. The molecule has 0 spiro atoms. The Morgan fingerprint density at radius 1 is 1.40 bits per heavy atom.